The number of benzene rings is 2. The summed E-state index contributed by atoms with van der Waals surface area (Å²) < 4.78 is 11.2. The molecular formula is C21H22N2O3S. The van der Waals surface area contributed by atoms with Gasteiger partial charge in [-0.3, -0.25) is 10.1 Å². The molecule has 3 rings (SSSR count). The summed E-state index contributed by atoms with van der Waals surface area (Å²) in [4.78, 5) is 16.6. The van der Waals surface area contributed by atoms with Crippen LogP contribution in [-0.2, 0) is 11.2 Å². The number of hydrogen-bond donors (Lipinski definition) is 1. The number of rotatable bonds is 8. The predicted octanol–water partition coefficient (Wildman–Crippen LogP) is 4.79. The van der Waals surface area contributed by atoms with Crippen LogP contribution < -0.4 is 14.8 Å². The number of carbonyl (C=O) groups is 1. The molecule has 0 aliphatic carbocycles. The van der Waals surface area contributed by atoms with Gasteiger partial charge in [0, 0.05) is 10.9 Å². The highest BCUT2D eigenvalue weighted by Crippen LogP contribution is 2.32. The number of nitrogens with one attached hydrogen (secondary N) is 1. The Kier molecular flexibility index (Phi) is 6.44. The first-order valence-corrected chi connectivity index (χ1v) is 9.77. The lowest BCUT2D eigenvalue weighted by atomic mass is 10.1. The van der Waals surface area contributed by atoms with E-state index in [1.54, 1.807) is 0 Å². The van der Waals surface area contributed by atoms with Crippen molar-refractivity contribution in [3.63, 3.8) is 0 Å². The molecule has 0 radical (unpaired) electrons. The van der Waals surface area contributed by atoms with E-state index in [1.807, 2.05) is 60.8 Å². The lowest BCUT2D eigenvalue weighted by molar-refractivity contribution is -0.118. The Balaban J connectivity index is 1.59. The molecule has 0 saturated carbocycles. The number of aromatic nitrogens is 1. The number of amides is 1. The molecule has 1 aromatic heterocycles. The average Bonchev–Trinajstić information content (AvgIpc) is 3.15. The van der Waals surface area contributed by atoms with Crippen molar-refractivity contribution in [3.8, 4) is 22.8 Å². The molecule has 0 spiro atoms. The fourth-order valence-electron chi connectivity index (χ4n) is 2.54. The van der Waals surface area contributed by atoms with E-state index >= 15 is 0 Å². The lowest BCUT2D eigenvalue weighted by Gasteiger charge is -2.08. The quantitative estimate of drug-likeness (QED) is 0.609. The van der Waals surface area contributed by atoms with Crippen LogP contribution in [0.4, 0.5) is 5.13 Å². The Hall–Kier alpha value is -2.86. The highest BCUT2D eigenvalue weighted by Gasteiger charge is 2.12. The molecule has 0 fully saturated rings. The van der Waals surface area contributed by atoms with Crippen LogP contribution in [0, 0.1) is 0 Å². The zero-order valence-electron chi connectivity index (χ0n) is 15.4. The monoisotopic (exact) mass is 382 g/mol. The molecule has 5 nitrogen and oxygen atoms in total. The number of nitrogens with zero attached hydrogens (tertiary/aromatic N) is 1. The molecule has 1 amide bonds. The number of carbonyl (C=O) groups excluding carboxylic acids is 1. The molecule has 2 aromatic carbocycles. The topological polar surface area (TPSA) is 60.5 Å². The molecule has 1 N–H and O–H groups in total. The third kappa shape index (κ3) is 5.08. The van der Waals surface area contributed by atoms with Crippen molar-refractivity contribution in [2.45, 2.75) is 20.3 Å². The molecule has 0 bridgehead atoms. The van der Waals surface area contributed by atoms with Crippen LogP contribution in [0.15, 0.2) is 53.9 Å². The summed E-state index contributed by atoms with van der Waals surface area (Å²) in [6, 6.07) is 15.5. The van der Waals surface area contributed by atoms with Gasteiger partial charge < -0.3 is 9.47 Å². The molecule has 0 aliphatic rings. The van der Waals surface area contributed by atoms with Crippen LogP contribution in [0.2, 0.25) is 0 Å². The van der Waals surface area contributed by atoms with E-state index in [0.29, 0.717) is 17.5 Å². The van der Waals surface area contributed by atoms with Crippen molar-refractivity contribution in [2.75, 3.05) is 18.5 Å². The van der Waals surface area contributed by atoms with Gasteiger partial charge in [0.1, 0.15) is 11.5 Å². The SMILES string of the molecule is CCOc1ccccc1-c1csc(NC(=O)COc2ccc(CC)cc2)n1. The first-order valence-electron chi connectivity index (χ1n) is 8.89. The van der Waals surface area contributed by atoms with Crippen LogP contribution in [0.1, 0.15) is 19.4 Å². The highest BCUT2D eigenvalue weighted by molar-refractivity contribution is 7.14. The largest absolute Gasteiger partial charge is 0.493 e. The van der Waals surface area contributed by atoms with E-state index in [1.165, 1.54) is 16.9 Å². The fourth-order valence-corrected chi connectivity index (χ4v) is 3.27. The molecule has 1 heterocycles. The van der Waals surface area contributed by atoms with E-state index in [-0.39, 0.29) is 12.5 Å². The van der Waals surface area contributed by atoms with Crippen LogP contribution in [0.25, 0.3) is 11.3 Å². The van der Waals surface area contributed by atoms with Crippen LogP contribution in [0.5, 0.6) is 11.5 Å². The molecular weight excluding hydrogens is 360 g/mol. The van der Waals surface area contributed by atoms with Gasteiger partial charge in [-0.1, -0.05) is 31.2 Å². The summed E-state index contributed by atoms with van der Waals surface area (Å²) in [6.07, 6.45) is 0.972. The summed E-state index contributed by atoms with van der Waals surface area (Å²) in [6.45, 7) is 4.56. The Bertz CT molecular complexity index is 890. The van der Waals surface area contributed by atoms with Crippen molar-refractivity contribution in [2.24, 2.45) is 0 Å². The maximum absolute atomic E-state index is 12.1. The number of ether oxygens (including phenoxy) is 2. The zero-order chi connectivity index (χ0) is 19.1. The number of aryl methyl sites for hydroxylation is 1. The molecule has 140 valence electrons. The molecule has 6 heteroatoms. The fraction of sp³-hybridized carbons (Fsp3) is 0.238. The van der Waals surface area contributed by atoms with Crippen molar-refractivity contribution in [1.82, 2.24) is 4.98 Å². The first-order chi connectivity index (χ1) is 13.2. The first kappa shape index (κ1) is 18.9. The Morgan fingerprint density at radius 3 is 2.59 bits per heavy atom. The summed E-state index contributed by atoms with van der Waals surface area (Å²) in [5, 5.41) is 5.21. The van der Waals surface area contributed by atoms with E-state index in [2.05, 4.69) is 17.2 Å². The van der Waals surface area contributed by atoms with Crippen molar-refractivity contribution >= 4 is 22.4 Å². The predicted molar refractivity (Wildman–Crippen MR) is 109 cm³/mol. The van der Waals surface area contributed by atoms with Gasteiger partial charge in [-0.2, -0.15) is 0 Å². The molecule has 0 saturated heterocycles. The summed E-state index contributed by atoms with van der Waals surface area (Å²) in [7, 11) is 0. The van der Waals surface area contributed by atoms with Gasteiger partial charge in [0.25, 0.3) is 5.91 Å². The molecule has 0 unspecified atom stereocenters. The van der Waals surface area contributed by atoms with E-state index in [0.717, 1.165) is 23.4 Å². The van der Waals surface area contributed by atoms with Crippen molar-refractivity contribution in [3.05, 3.63) is 59.5 Å². The number of para-hydroxylation sites is 1. The summed E-state index contributed by atoms with van der Waals surface area (Å²) in [5.74, 6) is 1.21. The molecule has 27 heavy (non-hydrogen) atoms. The van der Waals surface area contributed by atoms with Gasteiger partial charge in [-0.25, -0.2) is 4.98 Å². The lowest BCUT2D eigenvalue weighted by Crippen LogP contribution is -2.20. The maximum Gasteiger partial charge on any atom is 0.264 e. The summed E-state index contributed by atoms with van der Waals surface area (Å²) in [5.41, 5.74) is 2.91. The highest BCUT2D eigenvalue weighted by atomic mass is 32.1. The van der Waals surface area contributed by atoms with Crippen LogP contribution in [0.3, 0.4) is 0 Å². The third-order valence-corrected chi connectivity index (χ3v) is 4.67. The van der Waals surface area contributed by atoms with Crippen LogP contribution >= 0.6 is 11.3 Å². The Labute approximate surface area is 163 Å². The zero-order valence-corrected chi connectivity index (χ0v) is 16.2. The van der Waals surface area contributed by atoms with Gasteiger partial charge in [0.05, 0.1) is 12.3 Å². The van der Waals surface area contributed by atoms with Gasteiger partial charge >= 0.3 is 0 Å². The Morgan fingerprint density at radius 1 is 1.07 bits per heavy atom. The normalized spacial score (nSPS) is 10.4. The maximum atomic E-state index is 12.1. The van der Waals surface area contributed by atoms with Gasteiger partial charge in [0.15, 0.2) is 11.7 Å². The number of anilines is 1. The molecule has 0 atom stereocenters. The van der Waals surface area contributed by atoms with Gasteiger partial charge in [-0.15, -0.1) is 11.3 Å². The second kappa shape index (κ2) is 9.19. The number of thiazole rings is 1. The summed E-state index contributed by atoms with van der Waals surface area (Å²) >= 11 is 1.37. The third-order valence-electron chi connectivity index (χ3n) is 3.91. The van der Waals surface area contributed by atoms with Crippen LogP contribution in [-0.4, -0.2) is 24.1 Å². The van der Waals surface area contributed by atoms with E-state index in [9.17, 15) is 4.79 Å². The minimum atomic E-state index is -0.242. The minimum Gasteiger partial charge on any atom is -0.493 e. The van der Waals surface area contributed by atoms with Crippen molar-refractivity contribution in [1.29, 1.82) is 0 Å². The standard InChI is InChI=1S/C21H22N2O3S/c1-3-15-9-11-16(12-10-15)26-13-20(24)23-21-22-18(14-27-21)17-7-5-6-8-19(17)25-4-2/h5-12,14H,3-4,13H2,1-2H3,(H,22,23,24). The van der Waals surface area contributed by atoms with E-state index < -0.39 is 0 Å². The van der Waals surface area contributed by atoms with Gasteiger partial charge in [-0.05, 0) is 43.2 Å². The second-order valence-corrected chi connectivity index (χ2v) is 6.66. The Morgan fingerprint density at radius 2 is 1.85 bits per heavy atom. The van der Waals surface area contributed by atoms with Crippen molar-refractivity contribution < 1.29 is 14.3 Å². The van der Waals surface area contributed by atoms with Gasteiger partial charge in [0.2, 0.25) is 0 Å². The second-order valence-electron chi connectivity index (χ2n) is 5.80. The average molecular weight is 382 g/mol. The molecule has 0 aliphatic heterocycles. The molecule has 3 aromatic rings. The minimum absolute atomic E-state index is 0.0596. The number of hydrogen-bond acceptors (Lipinski definition) is 5. The van der Waals surface area contributed by atoms with E-state index in [4.69, 9.17) is 9.47 Å². The smallest absolute Gasteiger partial charge is 0.264 e.